The second-order valence-electron chi connectivity index (χ2n) is 8.39. The normalized spacial score (nSPS) is 17.3. The highest BCUT2D eigenvalue weighted by Crippen LogP contribution is 2.21. The van der Waals surface area contributed by atoms with E-state index in [2.05, 4.69) is 20.4 Å². The summed E-state index contributed by atoms with van der Waals surface area (Å²) in [4.78, 5) is 38.5. The molecule has 0 saturated carbocycles. The molecule has 2 aromatic carbocycles. The summed E-state index contributed by atoms with van der Waals surface area (Å²) < 4.78 is 5.90. The number of likely N-dealkylation sites (tertiary alicyclic amines) is 1. The van der Waals surface area contributed by atoms with Gasteiger partial charge in [0, 0.05) is 25.7 Å². The molecule has 10 nitrogen and oxygen atoms in total. The number of benzene rings is 2. The molecule has 0 bridgehead atoms. The molecule has 2 atom stereocenters. The number of hydrogen-bond acceptors (Lipinski definition) is 7. The molecule has 1 aliphatic rings. The van der Waals surface area contributed by atoms with Crippen molar-refractivity contribution >= 4 is 17.8 Å². The predicted molar refractivity (Wildman–Crippen MR) is 126 cm³/mol. The second-order valence-corrected chi connectivity index (χ2v) is 8.39. The maximum atomic E-state index is 12.9. The van der Waals surface area contributed by atoms with E-state index in [-0.39, 0.29) is 37.7 Å². The first-order chi connectivity index (χ1) is 16.9. The summed E-state index contributed by atoms with van der Waals surface area (Å²) in [6.07, 6.45) is 0.806. The number of nitrogens with zero attached hydrogens (tertiary/aromatic N) is 4. The molecule has 2 unspecified atom stereocenters. The average Bonchev–Trinajstić information content (AvgIpc) is 3.49. The smallest absolute Gasteiger partial charge is 0.311 e. The van der Waals surface area contributed by atoms with Gasteiger partial charge in [-0.2, -0.15) is 0 Å². The molecule has 1 aromatic heterocycles. The van der Waals surface area contributed by atoms with Crippen molar-refractivity contribution in [1.82, 2.24) is 25.2 Å². The molecule has 2 heterocycles. The molecule has 1 saturated heterocycles. The summed E-state index contributed by atoms with van der Waals surface area (Å²) in [5, 5.41) is 20.7. The fourth-order valence-corrected chi connectivity index (χ4v) is 4.04. The zero-order chi connectivity index (χ0) is 24.8. The highest BCUT2D eigenvalue weighted by Gasteiger charge is 2.38. The number of aliphatic hydroxyl groups is 1. The molecule has 2 N–H and O–H groups in total. The van der Waals surface area contributed by atoms with Gasteiger partial charge in [-0.1, -0.05) is 59.8 Å². The van der Waals surface area contributed by atoms with Gasteiger partial charge in [-0.05, 0) is 16.7 Å². The summed E-state index contributed by atoms with van der Waals surface area (Å²) in [5.41, 5.74) is 3.50. The van der Waals surface area contributed by atoms with Crippen LogP contribution >= 0.6 is 0 Å². The Morgan fingerprint density at radius 3 is 2.51 bits per heavy atom. The van der Waals surface area contributed by atoms with Crippen molar-refractivity contribution < 1.29 is 24.2 Å². The van der Waals surface area contributed by atoms with Gasteiger partial charge in [-0.15, -0.1) is 5.10 Å². The Bertz CT molecular complexity index is 1180. The minimum Gasteiger partial charge on any atom is -0.469 e. The molecule has 2 amide bonds. The quantitative estimate of drug-likeness (QED) is 0.462. The number of esters is 1. The number of methoxy groups -OCH3 is 1. The Morgan fingerprint density at radius 2 is 1.80 bits per heavy atom. The third-order valence-corrected chi connectivity index (χ3v) is 5.87. The molecular weight excluding hydrogens is 450 g/mol. The molecule has 1 fully saturated rings. The summed E-state index contributed by atoms with van der Waals surface area (Å²) in [6.45, 7) is 0.209. The second kappa shape index (κ2) is 10.9. The van der Waals surface area contributed by atoms with Crippen LogP contribution in [0.1, 0.15) is 17.7 Å². The largest absolute Gasteiger partial charge is 0.469 e. The van der Waals surface area contributed by atoms with Crippen LogP contribution in [0.2, 0.25) is 0 Å². The van der Waals surface area contributed by atoms with E-state index in [4.69, 9.17) is 0 Å². The van der Waals surface area contributed by atoms with Gasteiger partial charge in [0.2, 0.25) is 11.8 Å². The van der Waals surface area contributed by atoms with Crippen molar-refractivity contribution in [2.75, 3.05) is 13.7 Å². The standard InChI is InChI=1S/C25H27N5O5/c1-35-24(33)11-20-14-29(28-27-20)16-23(32)30-15-21(31)12-22(30)25(34)26-13-17-7-9-19(10-8-17)18-5-3-2-4-6-18/h2-10,14,21-22,31H,11-13,15-16H2,1H3,(H,26,34). The van der Waals surface area contributed by atoms with Gasteiger partial charge < -0.3 is 20.1 Å². The molecular formula is C25H27N5O5. The van der Waals surface area contributed by atoms with Crippen molar-refractivity contribution in [2.24, 2.45) is 0 Å². The average molecular weight is 478 g/mol. The van der Waals surface area contributed by atoms with Crippen LogP contribution < -0.4 is 5.32 Å². The monoisotopic (exact) mass is 477 g/mol. The number of carbonyl (C=O) groups excluding carboxylic acids is 3. The molecule has 0 radical (unpaired) electrons. The van der Waals surface area contributed by atoms with Crippen LogP contribution in [0.3, 0.4) is 0 Å². The Hall–Kier alpha value is -4.05. The number of nitrogens with one attached hydrogen (secondary N) is 1. The van der Waals surface area contributed by atoms with Crippen LogP contribution in [-0.2, 0) is 38.6 Å². The fourth-order valence-electron chi connectivity index (χ4n) is 4.04. The fraction of sp³-hybridized carbons (Fsp3) is 0.320. The van der Waals surface area contributed by atoms with Crippen LogP contribution in [0.15, 0.2) is 60.8 Å². The van der Waals surface area contributed by atoms with Crippen molar-refractivity contribution in [1.29, 1.82) is 0 Å². The Kier molecular flexibility index (Phi) is 7.51. The maximum Gasteiger partial charge on any atom is 0.311 e. The Labute approximate surface area is 202 Å². The van der Waals surface area contributed by atoms with Crippen LogP contribution in [0, 0.1) is 0 Å². The lowest BCUT2D eigenvalue weighted by Gasteiger charge is -2.23. The van der Waals surface area contributed by atoms with E-state index in [1.807, 2.05) is 54.6 Å². The highest BCUT2D eigenvalue weighted by atomic mass is 16.5. The van der Waals surface area contributed by atoms with Gasteiger partial charge >= 0.3 is 5.97 Å². The third-order valence-electron chi connectivity index (χ3n) is 5.87. The number of amides is 2. The third kappa shape index (κ3) is 6.10. The number of hydrogen-bond donors (Lipinski definition) is 2. The van der Waals surface area contributed by atoms with Gasteiger partial charge in [-0.3, -0.25) is 14.4 Å². The van der Waals surface area contributed by atoms with Gasteiger partial charge in [0.1, 0.15) is 12.6 Å². The lowest BCUT2D eigenvalue weighted by atomic mass is 10.0. The minimum absolute atomic E-state index is 0.0511. The van der Waals surface area contributed by atoms with Crippen LogP contribution in [0.25, 0.3) is 11.1 Å². The lowest BCUT2D eigenvalue weighted by molar-refractivity contribution is -0.139. The molecule has 0 spiro atoms. The van der Waals surface area contributed by atoms with Gasteiger partial charge in [0.15, 0.2) is 0 Å². The van der Waals surface area contributed by atoms with Crippen LogP contribution in [0.5, 0.6) is 0 Å². The number of ether oxygens (including phenoxy) is 1. The SMILES string of the molecule is COC(=O)Cc1cn(CC(=O)N2CC(O)CC2C(=O)NCc2ccc(-c3ccccc3)cc2)nn1. The van der Waals surface area contributed by atoms with Crippen molar-refractivity contribution in [3.63, 3.8) is 0 Å². The van der Waals surface area contributed by atoms with Crippen molar-refractivity contribution in [3.05, 3.63) is 72.1 Å². The Morgan fingerprint density at radius 1 is 1.09 bits per heavy atom. The first kappa shape index (κ1) is 24.1. The Balaban J connectivity index is 1.33. The molecule has 0 aliphatic carbocycles. The molecule has 3 aromatic rings. The van der Waals surface area contributed by atoms with Crippen molar-refractivity contribution in [2.45, 2.75) is 38.1 Å². The van der Waals surface area contributed by atoms with E-state index >= 15 is 0 Å². The summed E-state index contributed by atoms with van der Waals surface area (Å²) >= 11 is 0. The van der Waals surface area contributed by atoms with Crippen LogP contribution in [0.4, 0.5) is 0 Å². The topological polar surface area (TPSA) is 127 Å². The van der Waals surface area contributed by atoms with E-state index < -0.39 is 18.1 Å². The minimum atomic E-state index is -0.787. The zero-order valence-electron chi connectivity index (χ0n) is 19.3. The molecule has 10 heteroatoms. The van der Waals surface area contributed by atoms with E-state index in [9.17, 15) is 19.5 Å². The van der Waals surface area contributed by atoms with Crippen molar-refractivity contribution in [3.8, 4) is 11.1 Å². The molecule has 1 aliphatic heterocycles. The van der Waals surface area contributed by atoms with E-state index in [1.54, 1.807) is 0 Å². The number of aliphatic hydroxyl groups excluding tert-OH is 1. The number of carbonyl (C=O) groups is 3. The van der Waals surface area contributed by atoms with E-state index in [1.165, 1.54) is 22.9 Å². The number of rotatable bonds is 8. The van der Waals surface area contributed by atoms with Gasteiger partial charge in [0.05, 0.1) is 25.3 Å². The van der Waals surface area contributed by atoms with Gasteiger partial charge in [-0.25, -0.2) is 4.68 Å². The summed E-state index contributed by atoms with van der Waals surface area (Å²) in [5.74, 6) is -1.16. The molecule has 35 heavy (non-hydrogen) atoms. The highest BCUT2D eigenvalue weighted by molar-refractivity contribution is 5.88. The number of β-amino-alcohol motifs (C(OH)–C–C–N with tert-alkyl or cyclic N) is 1. The van der Waals surface area contributed by atoms with E-state index in [0.717, 1.165) is 16.7 Å². The summed E-state index contributed by atoms with van der Waals surface area (Å²) in [6, 6.07) is 17.1. The molecule has 4 rings (SSSR count). The lowest BCUT2D eigenvalue weighted by Crippen LogP contribution is -2.46. The van der Waals surface area contributed by atoms with E-state index in [0.29, 0.717) is 12.2 Å². The maximum absolute atomic E-state index is 12.9. The zero-order valence-corrected chi connectivity index (χ0v) is 19.3. The van der Waals surface area contributed by atoms with Crippen LogP contribution in [-0.4, -0.2) is 68.6 Å². The first-order valence-electron chi connectivity index (χ1n) is 11.3. The first-order valence-corrected chi connectivity index (χ1v) is 11.3. The van der Waals surface area contributed by atoms with Gasteiger partial charge in [0.25, 0.3) is 0 Å². The molecule has 182 valence electrons. The number of aromatic nitrogens is 3. The predicted octanol–water partition coefficient (Wildman–Crippen LogP) is 0.939. The summed E-state index contributed by atoms with van der Waals surface area (Å²) in [7, 11) is 1.28.